The first-order valence-corrected chi connectivity index (χ1v) is 8.15. The van der Waals surface area contributed by atoms with E-state index in [0.29, 0.717) is 23.0 Å². The average molecular weight is 373 g/mol. The quantitative estimate of drug-likeness (QED) is 0.741. The van der Waals surface area contributed by atoms with Crippen LogP contribution in [0.3, 0.4) is 0 Å². The van der Waals surface area contributed by atoms with Crippen molar-refractivity contribution < 1.29 is 33.3 Å². The van der Waals surface area contributed by atoms with Crippen LogP contribution in [0, 0.1) is 0 Å². The van der Waals surface area contributed by atoms with Crippen LogP contribution in [0.2, 0.25) is 0 Å². The highest BCUT2D eigenvalue weighted by molar-refractivity contribution is 5.94. The Morgan fingerprint density at radius 3 is 2.63 bits per heavy atom. The van der Waals surface area contributed by atoms with Crippen molar-refractivity contribution in [1.29, 1.82) is 0 Å². The molecule has 0 saturated heterocycles. The number of nitrogens with one attached hydrogen (secondary N) is 1. The van der Waals surface area contributed by atoms with Crippen molar-refractivity contribution >= 4 is 11.9 Å². The average Bonchev–Trinajstić information content (AvgIpc) is 3.17. The molecule has 2 aromatic carbocycles. The van der Waals surface area contributed by atoms with E-state index in [1.54, 1.807) is 24.3 Å². The molecule has 1 heterocycles. The van der Waals surface area contributed by atoms with Crippen LogP contribution in [0.1, 0.15) is 15.9 Å². The summed E-state index contributed by atoms with van der Waals surface area (Å²) < 4.78 is 25.8. The third-order valence-electron chi connectivity index (χ3n) is 3.89. The van der Waals surface area contributed by atoms with E-state index in [9.17, 15) is 9.59 Å². The number of rotatable bonds is 7. The van der Waals surface area contributed by atoms with Crippen LogP contribution in [-0.4, -0.2) is 39.5 Å². The second-order valence-electron chi connectivity index (χ2n) is 5.61. The molecule has 8 nitrogen and oxygen atoms in total. The van der Waals surface area contributed by atoms with E-state index in [0.717, 1.165) is 5.56 Å². The molecule has 1 amide bonds. The van der Waals surface area contributed by atoms with Crippen molar-refractivity contribution in [3.05, 3.63) is 47.5 Å². The first-order valence-electron chi connectivity index (χ1n) is 8.15. The number of fused-ring (bicyclic) bond motifs is 1. The van der Waals surface area contributed by atoms with Crippen molar-refractivity contribution in [2.24, 2.45) is 0 Å². The molecule has 0 fully saturated rings. The smallest absolute Gasteiger partial charge is 0.342 e. The topological polar surface area (TPSA) is 92.3 Å². The highest BCUT2D eigenvalue weighted by Gasteiger charge is 2.17. The number of benzene rings is 2. The summed E-state index contributed by atoms with van der Waals surface area (Å²) in [6.45, 7) is 0.0497. The summed E-state index contributed by atoms with van der Waals surface area (Å²) in [6, 6.07) is 10.1. The van der Waals surface area contributed by atoms with Crippen LogP contribution in [0.4, 0.5) is 0 Å². The number of carbonyl (C=O) groups is 2. The molecule has 142 valence electrons. The van der Waals surface area contributed by atoms with Crippen molar-refractivity contribution in [3.8, 4) is 23.0 Å². The summed E-state index contributed by atoms with van der Waals surface area (Å²) in [4.78, 5) is 24.2. The Kier molecular flexibility index (Phi) is 5.65. The fourth-order valence-corrected chi connectivity index (χ4v) is 2.49. The molecule has 1 aliphatic heterocycles. The maximum Gasteiger partial charge on any atom is 0.342 e. The molecule has 0 atom stereocenters. The van der Waals surface area contributed by atoms with Crippen LogP contribution in [-0.2, 0) is 16.1 Å². The predicted octanol–water partition coefficient (Wildman–Crippen LogP) is 1.91. The molecule has 0 radical (unpaired) electrons. The van der Waals surface area contributed by atoms with Gasteiger partial charge in [0.25, 0.3) is 5.91 Å². The molecule has 2 aromatic rings. The second kappa shape index (κ2) is 8.31. The summed E-state index contributed by atoms with van der Waals surface area (Å²) in [6.07, 6.45) is 0. The number of hydrogen-bond donors (Lipinski definition) is 1. The van der Waals surface area contributed by atoms with Crippen molar-refractivity contribution in [2.75, 3.05) is 27.6 Å². The minimum atomic E-state index is -0.677. The van der Waals surface area contributed by atoms with E-state index in [2.05, 4.69) is 5.32 Å². The Bertz CT molecular complexity index is 850. The van der Waals surface area contributed by atoms with Gasteiger partial charge in [0.15, 0.2) is 18.1 Å². The first-order chi connectivity index (χ1) is 13.1. The molecular formula is C19H19NO7. The lowest BCUT2D eigenvalue weighted by molar-refractivity contribution is -0.124. The van der Waals surface area contributed by atoms with Crippen molar-refractivity contribution in [1.82, 2.24) is 5.32 Å². The number of amides is 1. The lowest BCUT2D eigenvalue weighted by Gasteiger charge is -2.10. The van der Waals surface area contributed by atoms with Gasteiger partial charge in [-0.15, -0.1) is 0 Å². The maximum atomic E-state index is 12.2. The zero-order chi connectivity index (χ0) is 19.2. The standard InChI is InChI=1S/C19H19NO7/c1-23-13-4-6-15(24-2)14(8-13)19(22)25-10-18(21)20-9-12-3-5-16-17(7-12)27-11-26-16/h3-8H,9-11H2,1-2H3,(H,20,21). The molecule has 0 bridgehead atoms. The number of carbonyl (C=O) groups excluding carboxylic acids is 2. The zero-order valence-electron chi connectivity index (χ0n) is 14.9. The Labute approximate surface area is 155 Å². The van der Waals surface area contributed by atoms with Crippen molar-refractivity contribution in [2.45, 2.75) is 6.54 Å². The van der Waals surface area contributed by atoms with Gasteiger partial charge in [-0.25, -0.2) is 4.79 Å². The minimum absolute atomic E-state index is 0.181. The monoisotopic (exact) mass is 373 g/mol. The van der Waals surface area contributed by atoms with Crippen LogP contribution in [0.5, 0.6) is 23.0 Å². The van der Waals surface area contributed by atoms with E-state index < -0.39 is 18.5 Å². The molecule has 0 aliphatic carbocycles. The molecule has 1 aliphatic rings. The molecule has 8 heteroatoms. The van der Waals surface area contributed by atoms with Gasteiger partial charge in [0.2, 0.25) is 6.79 Å². The summed E-state index contributed by atoms with van der Waals surface area (Å²) in [5.41, 5.74) is 1.02. The number of esters is 1. The SMILES string of the molecule is COc1ccc(OC)c(C(=O)OCC(=O)NCc2ccc3c(c2)OCO3)c1. The number of ether oxygens (including phenoxy) is 5. The molecule has 3 rings (SSSR count). The Hall–Kier alpha value is -3.42. The maximum absolute atomic E-state index is 12.2. The van der Waals surface area contributed by atoms with Gasteiger partial charge in [0, 0.05) is 6.54 Å². The van der Waals surface area contributed by atoms with Gasteiger partial charge in [-0.05, 0) is 35.9 Å². The fraction of sp³-hybridized carbons (Fsp3) is 0.263. The number of methoxy groups -OCH3 is 2. The van der Waals surface area contributed by atoms with Gasteiger partial charge in [-0.2, -0.15) is 0 Å². The second-order valence-corrected chi connectivity index (χ2v) is 5.61. The summed E-state index contributed by atoms with van der Waals surface area (Å²) in [5.74, 6) is 1.02. The van der Waals surface area contributed by atoms with Gasteiger partial charge < -0.3 is 29.0 Å². The molecule has 0 unspecified atom stereocenters. The van der Waals surface area contributed by atoms with Crippen LogP contribution < -0.4 is 24.3 Å². The minimum Gasteiger partial charge on any atom is -0.497 e. The van der Waals surface area contributed by atoms with Crippen LogP contribution in [0.15, 0.2) is 36.4 Å². The highest BCUT2D eigenvalue weighted by atomic mass is 16.7. The molecular weight excluding hydrogens is 354 g/mol. The lowest BCUT2D eigenvalue weighted by Crippen LogP contribution is -2.28. The molecule has 0 spiro atoms. The summed E-state index contributed by atoms with van der Waals surface area (Å²) in [5, 5.41) is 2.68. The van der Waals surface area contributed by atoms with Gasteiger partial charge >= 0.3 is 5.97 Å². The third-order valence-corrected chi connectivity index (χ3v) is 3.89. The summed E-state index contributed by atoms with van der Waals surface area (Å²) >= 11 is 0. The lowest BCUT2D eigenvalue weighted by atomic mass is 10.2. The highest BCUT2D eigenvalue weighted by Crippen LogP contribution is 2.32. The first kappa shape index (κ1) is 18.4. The van der Waals surface area contributed by atoms with Crippen LogP contribution >= 0.6 is 0 Å². The Morgan fingerprint density at radius 1 is 1.04 bits per heavy atom. The third kappa shape index (κ3) is 4.41. The van der Waals surface area contributed by atoms with Gasteiger partial charge in [0.1, 0.15) is 17.1 Å². The molecule has 27 heavy (non-hydrogen) atoms. The normalized spacial score (nSPS) is 11.6. The van der Waals surface area contributed by atoms with E-state index in [1.807, 2.05) is 6.07 Å². The Morgan fingerprint density at radius 2 is 1.85 bits per heavy atom. The molecule has 0 aromatic heterocycles. The van der Waals surface area contributed by atoms with E-state index in [-0.39, 0.29) is 18.9 Å². The number of hydrogen-bond acceptors (Lipinski definition) is 7. The van der Waals surface area contributed by atoms with Crippen molar-refractivity contribution in [3.63, 3.8) is 0 Å². The van der Waals surface area contributed by atoms with Gasteiger partial charge in [-0.3, -0.25) is 4.79 Å². The molecule has 1 N–H and O–H groups in total. The van der Waals surface area contributed by atoms with Gasteiger partial charge in [-0.1, -0.05) is 6.07 Å². The van der Waals surface area contributed by atoms with E-state index in [1.165, 1.54) is 20.3 Å². The van der Waals surface area contributed by atoms with E-state index in [4.69, 9.17) is 23.7 Å². The van der Waals surface area contributed by atoms with Gasteiger partial charge in [0.05, 0.1) is 14.2 Å². The fourth-order valence-electron chi connectivity index (χ4n) is 2.49. The summed E-state index contributed by atoms with van der Waals surface area (Å²) in [7, 11) is 2.93. The van der Waals surface area contributed by atoms with E-state index >= 15 is 0 Å². The Balaban J connectivity index is 1.52. The largest absolute Gasteiger partial charge is 0.497 e. The predicted molar refractivity (Wildman–Crippen MR) is 94.2 cm³/mol. The van der Waals surface area contributed by atoms with Crippen LogP contribution in [0.25, 0.3) is 0 Å². The zero-order valence-corrected chi connectivity index (χ0v) is 14.9. The molecule has 0 saturated carbocycles.